The number of aliphatic hydroxyl groups excluding tert-OH is 1. The van der Waals surface area contributed by atoms with Crippen LogP contribution in [0, 0.1) is 0 Å². The maximum absolute atomic E-state index is 12.6. The summed E-state index contributed by atoms with van der Waals surface area (Å²) in [5.74, 6) is -0.253. The molecule has 6 heteroatoms. The van der Waals surface area contributed by atoms with E-state index in [1.807, 2.05) is 13.0 Å². The van der Waals surface area contributed by atoms with Gasteiger partial charge in [0.25, 0.3) is 11.5 Å². The summed E-state index contributed by atoms with van der Waals surface area (Å²) in [6.07, 6.45) is 2.14. The van der Waals surface area contributed by atoms with E-state index >= 15 is 0 Å². The van der Waals surface area contributed by atoms with Gasteiger partial charge in [-0.1, -0.05) is 19.1 Å². The third-order valence-corrected chi connectivity index (χ3v) is 4.12. The molecule has 1 aromatic heterocycles. The van der Waals surface area contributed by atoms with E-state index < -0.39 is 0 Å². The highest BCUT2D eigenvalue weighted by atomic mass is 16.3. The average molecular weight is 337 g/mol. The lowest BCUT2D eigenvalue weighted by atomic mass is 10.1. The fourth-order valence-electron chi connectivity index (χ4n) is 2.57. The number of para-hydroxylation sites is 1. The number of benzene rings is 2. The molecule has 1 heterocycles. The summed E-state index contributed by atoms with van der Waals surface area (Å²) in [7, 11) is 0. The molecule has 0 aliphatic heterocycles. The molecule has 0 spiro atoms. The highest BCUT2D eigenvalue weighted by Gasteiger charge is 2.12. The molecule has 0 fully saturated rings. The fourth-order valence-corrected chi connectivity index (χ4v) is 2.57. The number of hydrogen-bond donors (Lipinski definition) is 2. The van der Waals surface area contributed by atoms with E-state index in [1.165, 1.54) is 10.9 Å². The van der Waals surface area contributed by atoms with E-state index in [1.54, 1.807) is 42.5 Å². The Bertz CT molecular complexity index is 944. The summed E-state index contributed by atoms with van der Waals surface area (Å²) in [5, 5.41) is 12.5. The van der Waals surface area contributed by atoms with Gasteiger partial charge >= 0.3 is 0 Å². The van der Waals surface area contributed by atoms with Crippen molar-refractivity contribution < 1.29 is 9.90 Å². The van der Waals surface area contributed by atoms with Gasteiger partial charge < -0.3 is 10.4 Å². The van der Waals surface area contributed by atoms with Crippen LogP contribution in [0.15, 0.2) is 59.7 Å². The Morgan fingerprint density at radius 3 is 2.60 bits per heavy atom. The Morgan fingerprint density at radius 1 is 1.20 bits per heavy atom. The molecule has 2 N–H and O–H groups in total. The van der Waals surface area contributed by atoms with E-state index in [-0.39, 0.29) is 24.1 Å². The lowest BCUT2D eigenvalue weighted by molar-refractivity contribution is 0.0915. The molecule has 25 heavy (non-hydrogen) atoms. The van der Waals surface area contributed by atoms with Crippen molar-refractivity contribution >= 4 is 16.8 Å². The topological polar surface area (TPSA) is 84.2 Å². The maximum Gasteiger partial charge on any atom is 0.265 e. The normalized spacial score (nSPS) is 12.1. The molecule has 0 aliphatic rings. The summed E-state index contributed by atoms with van der Waals surface area (Å²) >= 11 is 0. The third kappa shape index (κ3) is 3.44. The average Bonchev–Trinajstić information content (AvgIpc) is 2.66. The van der Waals surface area contributed by atoms with Crippen LogP contribution in [-0.2, 0) is 0 Å². The molecule has 1 atom stereocenters. The van der Waals surface area contributed by atoms with Gasteiger partial charge in [-0.25, -0.2) is 4.98 Å². The van der Waals surface area contributed by atoms with E-state index in [0.717, 1.165) is 0 Å². The van der Waals surface area contributed by atoms with E-state index in [2.05, 4.69) is 10.3 Å². The van der Waals surface area contributed by atoms with Crippen LogP contribution in [0.25, 0.3) is 16.6 Å². The van der Waals surface area contributed by atoms with Crippen molar-refractivity contribution in [3.8, 4) is 5.69 Å². The standard InChI is InChI=1S/C19H19N3O3/c1-2-14(11-23)21-18(24)13-7-9-15(10-8-13)22-12-20-17-6-4-3-5-16(17)19(22)25/h3-10,12,14,23H,2,11H2,1H3,(H,21,24). The molecule has 128 valence electrons. The minimum absolute atomic E-state index is 0.0987. The summed E-state index contributed by atoms with van der Waals surface area (Å²) in [6.45, 7) is 1.79. The van der Waals surface area contributed by atoms with Crippen LogP contribution in [0.2, 0.25) is 0 Å². The van der Waals surface area contributed by atoms with Crippen LogP contribution in [0.4, 0.5) is 0 Å². The summed E-state index contributed by atoms with van der Waals surface area (Å²) in [4.78, 5) is 29.0. The van der Waals surface area contributed by atoms with Gasteiger partial charge in [0.2, 0.25) is 0 Å². The van der Waals surface area contributed by atoms with Crippen molar-refractivity contribution in [3.05, 3.63) is 70.8 Å². The molecular formula is C19H19N3O3. The van der Waals surface area contributed by atoms with Gasteiger partial charge in [0.05, 0.1) is 29.2 Å². The van der Waals surface area contributed by atoms with Crippen LogP contribution >= 0.6 is 0 Å². The van der Waals surface area contributed by atoms with Gasteiger partial charge in [-0.3, -0.25) is 14.2 Å². The first-order chi connectivity index (χ1) is 12.1. The van der Waals surface area contributed by atoms with Crippen LogP contribution in [0.1, 0.15) is 23.7 Å². The first-order valence-corrected chi connectivity index (χ1v) is 8.12. The molecular weight excluding hydrogens is 318 g/mol. The molecule has 1 amide bonds. The molecule has 1 unspecified atom stereocenters. The Hall–Kier alpha value is -2.99. The van der Waals surface area contributed by atoms with Gasteiger partial charge in [-0.2, -0.15) is 0 Å². The lowest BCUT2D eigenvalue weighted by Crippen LogP contribution is -2.36. The van der Waals surface area contributed by atoms with E-state index in [4.69, 9.17) is 0 Å². The van der Waals surface area contributed by atoms with Crippen molar-refractivity contribution in [3.63, 3.8) is 0 Å². The van der Waals surface area contributed by atoms with Gasteiger partial charge in [0.15, 0.2) is 0 Å². The molecule has 0 saturated carbocycles. The van der Waals surface area contributed by atoms with Crippen LogP contribution in [-0.4, -0.2) is 33.2 Å². The first-order valence-electron chi connectivity index (χ1n) is 8.12. The molecule has 0 aliphatic carbocycles. The molecule has 2 aromatic carbocycles. The van der Waals surface area contributed by atoms with Crippen LogP contribution in [0.3, 0.4) is 0 Å². The van der Waals surface area contributed by atoms with Gasteiger partial charge in [0, 0.05) is 5.56 Å². The smallest absolute Gasteiger partial charge is 0.265 e. The second kappa shape index (κ2) is 7.27. The Balaban J connectivity index is 1.89. The predicted molar refractivity (Wildman–Crippen MR) is 96.0 cm³/mol. The number of fused-ring (bicyclic) bond motifs is 1. The van der Waals surface area contributed by atoms with Crippen molar-refractivity contribution in [2.24, 2.45) is 0 Å². The molecule has 6 nitrogen and oxygen atoms in total. The fraction of sp³-hybridized carbons (Fsp3) is 0.211. The second-order valence-corrected chi connectivity index (χ2v) is 5.74. The maximum atomic E-state index is 12.6. The number of aliphatic hydroxyl groups is 1. The number of hydrogen-bond acceptors (Lipinski definition) is 4. The highest BCUT2D eigenvalue weighted by molar-refractivity contribution is 5.94. The number of aromatic nitrogens is 2. The summed E-state index contributed by atoms with van der Waals surface area (Å²) in [5.41, 5.74) is 1.59. The third-order valence-electron chi connectivity index (χ3n) is 4.12. The minimum atomic E-state index is -0.264. The monoisotopic (exact) mass is 337 g/mol. The van der Waals surface area contributed by atoms with Crippen molar-refractivity contribution in [2.45, 2.75) is 19.4 Å². The predicted octanol–water partition coefficient (Wildman–Crippen LogP) is 1.89. The highest BCUT2D eigenvalue weighted by Crippen LogP contribution is 2.11. The van der Waals surface area contributed by atoms with Gasteiger partial charge in [-0.05, 0) is 42.8 Å². The minimum Gasteiger partial charge on any atom is -0.394 e. The van der Waals surface area contributed by atoms with E-state index in [9.17, 15) is 14.7 Å². The van der Waals surface area contributed by atoms with Crippen molar-refractivity contribution in [2.75, 3.05) is 6.61 Å². The molecule has 3 rings (SSSR count). The Kier molecular flexibility index (Phi) is 4.90. The Morgan fingerprint density at radius 2 is 1.92 bits per heavy atom. The van der Waals surface area contributed by atoms with E-state index in [0.29, 0.717) is 28.6 Å². The van der Waals surface area contributed by atoms with Crippen molar-refractivity contribution in [1.29, 1.82) is 0 Å². The quantitative estimate of drug-likeness (QED) is 0.745. The SMILES string of the molecule is CCC(CO)NC(=O)c1ccc(-n2cnc3ccccc3c2=O)cc1. The van der Waals surface area contributed by atoms with Gasteiger partial charge in [-0.15, -0.1) is 0 Å². The number of nitrogens with zero attached hydrogens (tertiary/aromatic N) is 2. The first kappa shape index (κ1) is 16.9. The zero-order chi connectivity index (χ0) is 17.8. The number of nitrogens with one attached hydrogen (secondary N) is 1. The van der Waals surface area contributed by atoms with Gasteiger partial charge in [0.1, 0.15) is 6.33 Å². The number of rotatable bonds is 5. The summed E-state index contributed by atoms with van der Waals surface area (Å²) in [6, 6.07) is 13.6. The molecule has 0 bridgehead atoms. The second-order valence-electron chi connectivity index (χ2n) is 5.74. The Labute approximate surface area is 144 Å². The number of carbonyl (C=O) groups excluding carboxylic acids is 1. The largest absolute Gasteiger partial charge is 0.394 e. The molecule has 0 radical (unpaired) electrons. The summed E-state index contributed by atoms with van der Waals surface area (Å²) < 4.78 is 1.45. The lowest BCUT2D eigenvalue weighted by Gasteiger charge is -2.14. The molecule has 0 saturated heterocycles. The van der Waals surface area contributed by atoms with Crippen LogP contribution in [0.5, 0.6) is 0 Å². The van der Waals surface area contributed by atoms with Crippen LogP contribution < -0.4 is 10.9 Å². The zero-order valence-corrected chi connectivity index (χ0v) is 13.8. The number of carbonyl (C=O) groups is 1. The number of amides is 1. The zero-order valence-electron chi connectivity index (χ0n) is 13.8. The molecule has 3 aromatic rings. The van der Waals surface area contributed by atoms with Crippen molar-refractivity contribution in [1.82, 2.24) is 14.9 Å².